The SMILES string of the molecule is COc1cc(CNc2cc(Cl)cc(Cl)c2)c(Br)cc1OCc1ccc(Cl)c(Cl)c1. The molecule has 3 nitrogen and oxygen atoms in total. The second kappa shape index (κ2) is 10.1. The molecule has 0 unspecified atom stereocenters. The van der Waals surface area contributed by atoms with Crippen molar-refractivity contribution >= 4 is 68.0 Å². The molecular formula is C21H16BrCl4NO2. The Morgan fingerprint density at radius 1 is 0.862 bits per heavy atom. The Kier molecular flexibility index (Phi) is 7.83. The molecule has 0 aliphatic heterocycles. The molecule has 3 rings (SSSR count). The molecule has 1 N–H and O–H groups in total. The van der Waals surface area contributed by atoms with Crippen molar-refractivity contribution in [2.45, 2.75) is 13.2 Å². The average molecular weight is 536 g/mol. The normalized spacial score (nSPS) is 10.7. The number of methoxy groups -OCH3 is 1. The Morgan fingerprint density at radius 2 is 1.59 bits per heavy atom. The quantitative estimate of drug-likeness (QED) is 0.330. The molecule has 3 aromatic rings. The molecule has 0 aromatic heterocycles. The first-order valence-corrected chi connectivity index (χ1v) is 10.8. The third kappa shape index (κ3) is 6.09. The molecule has 0 spiro atoms. The highest BCUT2D eigenvalue weighted by molar-refractivity contribution is 9.10. The molecular weight excluding hydrogens is 520 g/mol. The second-order valence-corrected chi connectivity index (χ2v) is 8.68. The van der Waals surface area contributed by atoms with Crippen LogP contribution in [-0.4, -0.2) is 7.11 Å². The molecule has 0 amide bonds. The predicted molar refractivity (Wildman–Crippen MR) is 125 cm³/mol. The van der Waals surface area contributed by atoms with Gasteiger partial charge in [0, 0.05) is 26.8 Å². The van der Waals surface area contributed by atoms with E-state index in [0.29, 0.717) is 44.7 Å². The lowest BCUT2D eigenvalue weighted by atomic mass is 10.2. The van der Waals surface area contributed by atoms with Crippen molar-refractivity contribution in [2.24, 2.45) is 0 Å². The summed E-state index contributed by atoms with van der Waals surface area (Å²) in [5.41, 5.74) is 2.72. The van der Waals surface area contributed by atoms with Crippen molar-refractivity contribution in [2.75, 3.05) is 12.4 Å². The van der Waals surface area contributed by atoms with E-state index >= 15 is 0 Å². The van der Waals surface area contributed by atoms with Crippen LogP contribution in [0.25, 0.3) is 0 Å². The van der Waals surface area contributed by atoms with E-state index in [9.17, 15) is 0 Å². The lowest BCUT2D eigenvalue weighted by molar-refractivity contribution is 0.284. The number of benzene rings is 3. The van der Waals surface area contributed by atoms with Crippen LogP contribution in [0.3, 0.4) is 0 Å². The first-order valence-electron chi connectivity index (χ1n) is 8.49. The Hall–Kier alpha value is -1.30. The number of ether oxygens (including phenoxy) is 2. The molecule has 0 atom stereocenters. The van der Waals surface area contributed by atoms with Crippen LogP contribution in [0.1, 0.15) is 11.1 Å². The lowest BCUT2D eigenvalue weighted by Gasteiger charge is -2.15. The van der Waals surface area contributed by atoms with Crippen molar-refractivity contribution in [1.82, 2.24) is 0 Å². The molecule has 0 aliphatic rings. The molecule has 3 aromatic carbocycles. The number of hydrogen-bond donors (Lipinski definition) is 1. The van der Waals surface area contributed by atoms with E-state index in [1.165, 1.54) is 0 Å². The maximum absolute atomic E-state index is 6.06. The molecule has 0 bridgehead atoms. The van der Waals surface area contributed by atoms with Gasteiger partial charge < -0.3 is 14.8 Å². The zero-order valence-electron chi connectivity index (χ0n) is 15.2. The van der Waals surface area contributed by atoms with Crippen LogP contribution in [0.5, 0.6) is 11.5 Å². The third-order valence-corrected chi connectivity index (χ3v) is 5.97. The van der Waals surface area contributed by atoms with Crippen molar-refractivity contribution in [3.63, 3.8) is 0 Å². The molecule has 0 saturated carbocycles. The summed E-state index contributed by atoms with van der Waals surface area (Å²) in [5.74, 6) is 1.23. The molecule has 0 aliphatic carbocycles. The summed E-state index contributed by atoms with van der Waals surface area (Å²) in [7, 11) is 1.60. The first kappa shape index (κ1) is 22.4. The van der Waals surface area contributed by atoms with Gasteiger partial charge in [0.2, 0.25) is 0 Å². The smallest absolute Gasteiger partial charge is 0.162 e. The van der Waals surface area contributed by atoms with Gasteiger partial charge in [-0.2, -0.15) is 0 Å². The zero-order valence-corrected chi connectivity index (χ0v) is 19.8. The predicted octanol–water partition coefficient (Wildman–Crippen LogP) is 8.26. The van der Waals surface area contributed by atoms with Crippen molar-refractivity contribution in [3.05, 3.63) is 84.2 Å². The van der Waals surface area contributed by atoms with Crippen molar-refractivity contribution in [1.29, 1.82) is 0 Å². The fraction of sp³-hybridized carbons (Fsp3) is 0.143. The van der Waals surface area contributed by atoms with E-state index in [1.807, 2.05) is 30.3 Å². The summed E-state index contributed by atoms with van der Waals surface area (Å²) in [5, 5.41) is 5.44. The summed E-state index contributed by atoms with van der Waals surface area (Å²) in [6.07, 6.45) is 0. The van der Waals surface area contributed by atoms with Crippen LogP contribution in [0.4, 0.5) is 5.69 Å². The van der Waals surface area contributed by atoms with Gasteiger partial charge in [0.1, 0.15) is 6.61 Å². The molecule has 0 heterocycles. The van der Waals surface area contributed by atoms with Gasteiger partial charge in [0.05, 0.1) is 17.2 Å². The number of rotatable bonds is 7. The molecule has 152 valence electrons. The van der Waals surface area contributed by atoms with Gasteiger partial charge in [-0.25, -0.2) is 0 Å². The highest BCUT2D eigenvalue weighted by atomic mass is 79.9. The van der Waals surface area contributed by atoms with Gasteiger partial charge in [-0.1, -0.05) is 68.4 Å². The molecule has 0 saturated heterocycles. The van der Waals surface area contributed by atoms with Gasteiger partial charge in [-0.15, -0.1) is 0 Å². The Bertz CT molecular complexity index is 1010. The fourth-order valence-electron chi connectivity index (χ4n) is 2.63. The lowest BCUT2D eigenvalue weighted by Crippen LogP contribution is -2.03. The standard InChI is InChI=1S/C21H16BrCl4NO2/c1-28-20-5-13(10-27-16-7-14(23)6-15(24)8-16)17(22)9-21(20)29-11-12-2-3-18(25)19(26)4-12/h2-9,27H,10-11H2,1H3. The summed E-state index contributed by atoms with van der Waals surface area (Å²) in [4.78, 5) is 0. The van der Waals surface area contributed by atoms with Gasteiger partial charge in [0.25, 0.3) is 0 Å². The zero-order chi connectivity index (χ0) is 21.0. The minimum absolute atomic E-state index is 0.332. The van der Waals surface area contributed by atoms with Crippen molar-refractivity contribution < 1.29 is 9.47 Å². The summed E-state index contributed by atoms with van der Waals surface area (Å²) in [6, 6.07) is 14.5. The summed E-state index contributed by atoms with van der Waals surface area (Å²) in [6.45, 7) is 0.874. The minimum Gasteiger partial charge on any atom is -0.493 e. The number of hydrogen-bond acceptors (Lipinski definition) is 3. The van der Waals surface area contributed by atoms with Gasteiger partial charge >= 0.3 is 0 Å². The summed E-state index contributed by atoms with van der Waals surface area (Å²) < 4.78 is 12.3. The van der Waals surface area contributed by atoms with E-state index in [2.05, 4.69) is 21.2 Å². The van der Waals surface area contributed by atoms with Crippen LogP contribution < -0.4 is 14.8 Å². The summed E-state index contributed by atoms with van der Waals surface area (Å²) >= 11 is 27.7. The van der Waals surface area contributed by atoms with Crippen LogP contribution in [0.15, 0.2) is 53.0 Å². The maximum Gasteiger partial charge on any atom is 0.162 e. The Labute approximate surface area is 197 Å². The van der Waals surface area contributed by atoms with Crippen molar-refractivity contribution in [3.8, 4) is 11.5 Å². The van der Waals surface area contributed by atoms with Crippen LogP contribution in [-0.2, 0) is 13.2 Å². The minimum atomic E-state index is 0.332. The maximum atomic E-state index is 6.06. The van der Waals surface area contributed by atoms with E-state index in [0.717, 1.165) is 21.3 Å². The third-order valence-electron chi connectivity index (χ3n) is 4.06. The topological polar surface area (TPSA) is 30.5 Å². The van der Waals surface area contributed by atoms with Crippen LogP contribution >= 0.6 is 62.3 Å². The van der Waals surface area contributed by atoms with Gasteiger partial charge in [-0.3, -0.25) is 0 Å². The molecule has 8 heteroatoms. The average Bonchev–Trinajstić information content (AvgIpc) is 2.67. The number of anilines is 1. The first-order chi connectivity index (χ1) is 13.9. The van der Waals surface area contributed by atoms with Crippen LogP contribution in [0, 0.1) is 0 Å². The highest BCUT2D eigenvalue weighted by Gasteiger charge is 2.12. The largest absolute Gasteiger partial charge is 0.493 e. The molecule has 0 fully saturated rings. The Morgan fingerprint density at radius 3 is 2.24 bits per heavy atom. The second-order valence-electron chi connectivity index (χ2n) is 6.14. The monoisotopic (exact) mass is 533 g/mol. The van der Waals surface area contributed by atoms with E-state index in [1.54, 1.807) is 25.3 Å². The molecule has 29 heavy (non-hydrogen) atoms. The van der Waals surface area contributed by atoms with Gasteiger partial charge in [0.15, 0.2) is 11.5 Å². The number of halogens is 5. The van der Waals surface area contributed by atoms with E-state index < -0.39 is 0 Å². The Balaban J connectivity index is 1.73. The van der Waals surface area contributed by atoms with Gasteiger partial charge in [-0.05, 0) is 53.6 Å². The highest BCUT2D eigenvalue weighted by Crippen LogP contribution is 2.35. The van der Waals surface area contributed by atoms with Crippen LogP contribution in [0.2, 0.25) is 20.1 Å². The van der Waals surface area contributed by atoms with E-state index in [4.69, 9.17) is 55.9 Å². The van der Waals surface area contributed by atoms with E-state index in [-0.39, 0.29) is 0 Å². The fourth-order valence-corrected chi connectivity index (χ4v) is 3.94. The molecule has 0 radical (unpaired) electrons. The number of nitrogens with one attached hydrogen (secondary N) is 1.